The molecule has 1 aliphatic rings. The molecule has 0 spiro atoms. The first-order chi connectivity index (χ1) is 8.59. The van der Waals surface area contributed by atoms with Crippen LogP contribution in [0.25, 0.3) is 0 Å². The first-order valence-electron chi connectivity index (χ1n) is 5.85. The van der Waals surface area contributed by atoms with Gasteiger partial charge in [0.25, 0.3) is 0 Å². The van der Waals surface area contributed by atoms with E-state index in [0.29, 0.717) is 13.0 Å². The molecule has 1 heterocycles. The first kappa shape index (κ1) is 12.4. The number of amides is 1. The lowest BCUT2D eigenvalue weighted by Gasteiger charge is -2.35. The predicted molar refractivity (Wildman–Crippen MR) is 64.5 cm³/mol. The largest absolute Gasteiger partial charge is 0.481 e. The Morgan fingerprint density at radius 2 is 1.83 bits per heavy atom. The van der Waals surface area contributed by atoms with Crippen molar-refractivity contribution >= 4 is 12.1 Å². The molecule has 0 unspecified atom stereocenters. The third-order valence-corrected chi connectivity index (χ3v) is 3.43. The van der Waals surface area contributed by atoms with Gasteiger partial charge in [-0.15, -0.1) is 0 Å². The van der Waals surface area contributed by atoms with Crippen molar-refractivity contribution in [3.8, 4) is 0 Å². The van der Waals surface area contributed by atoms with Crippen molar-refractivity contribution < 1.29 is 19.8 Å². The second-order valence-electron chi connectivity index (χ2n) is 4.48. The van der Waals surface area contributed by atoms with Crippen molar-refractivity contribution in [2.75, 3.05) is 13.1 Å². The summed E-state index contributed by atoms with van der Waals surface area (Å²) in [5, 5.41) is 18.2. The second-order valence-corrected chi connectivity index (χ2v) is 4.48. The Bertz CT molecular complexity index is 446. The van der Waals surface area contributed by atoms with E-state index >= 15 is 0 Å². The normalized spacial score (nSPS) is 23.7. The number of piperidine rings is 1. The molecule has 0 aliphatic carbocycles. The molecular weight excluding hydrogens is 234 g/mol. The van der Waals surface area contributed by atoms with Gasteiger partial charge in [0.15, 0.2) is 0 Å². The highest BCUT2D eigenvalue weighted by molar-refractivity contribution is 5.74. The van der Waals surface area contributed by atoms with Crippen LogP contribution in [-0.4, -0.2) is 40.3 Å². The molecule has 1 aromatic rings. The molecule has 0 saturated carbocycles. The Kier molecular flexibility index (Phi) is 3.50. The molecule has 2 atom stereocenters. The predicted octanol–water partition coefficient (Wildman–Crippen LogP) is 1.85. The highest BCUT2D eigenvalue weighted by Crippen LogP contribution is 2.33. The average molecular weight is 249 g/mol. The smallest absolute Gasteiger partial charge is 0.407 e. The van der Waals surface area contributed by atoms with E-state index in [1.54, 1.807) is 0 Å². The van der Waals surface area contributed by atoms with Gasteiger partial charge in [-0.2, -0.15) is 0 Å². The maximum Gasteiger partial charge on any atom is 0.407 e. The number of benzene rings is 1. The van der Waals surface area contributed by atoms with Crippen LogP contribution < -0.4 is 0 Å². The molecule has 1 aliphatic heterocycles. The van der Waals surface area contributed by atoms with Gasteiger partial charge in [-0.1, -0.05) is 30.3 Å². The van der Waals surface area contributed by atoms with Crippen LogP contribution in [0.1, 0.15) is 17.9 Å². The van der Waals surface area contributed by atoms with Crippen molar-refractivity contribution in [3.63, 3.8) is 0 Å². The van der Waals surface area contributed by atoms with Gasteiger partial charge in [-0.25, -0.2) is 4.79 Å². The molecule has 5 nitrogen and oxygen atoms in total. The van der Waals surface area contributed by atoms with Gasteiger partial charge in [-0.3, -0.25) is 4.79 Å². The van der Waals surface area contributed by atoms with Crippen LogP contribution in [0.15, 0.2) is 30.3 Å². The fraction of sp³-hybridized carbons (Fsp3) is 0.385. The van der Waals surface area contributed by atoms with E-state index in [9.17, 15) is 14.7 Å². The fourth-order valence-electron chi connectivity index (χ4n) is 2.48. The number of aliphatic carboxylic acids is 1. The summed E-state index contributed by atoms with van der Waals surface area (Å²) in [6.07, 6.45) is -0.499. The molecule has 18 heavy (non-hydrogen) atoms. The molecule has 1 amide bonds. The van der Waals surface area contributed by atoms with Gasteiger partial charge in [-0.05, 0) is 12.0 Å². The molecular formula is C13H15NO4. The lowest BCUT2D eigenvalue weighted by molar-refractivity contribution is -0.144. The van der Waals surface area contributed by atoms with E-state index in [1.165, 1.54) is 4.90 Å². The summed E-state index contributed by atoms with van der Waals surface area (Å²) in [4.78, 5) is 23.4. The number of rotatable bonds is 2. The van der Waals surface area contributed by atoms with E-state index < -0.39 is 18.0 Å². The van der Waals surface area contributed by atoms with E-state index in [0.717, 1.165) is 5.56 Å². The number of nitrogens with zero attached hydrogens (tertiary/aromatic N) is 1. The number of carbonyl (C=O) groups is 2. The summed E-state index contributed by atoms with van der Waals surface area (Å²) in [5.74, 6) is -1.72. The third kappa shape index (κ3) is 2.45. The Hall–Kier alpha value is -2.04. The van der Waals surface area contributed by atoms with Crippen LogP contribution in [0.5, 0.6) is 0 Å². The summed E-state index contributed by atoms with van der Waals surface area (Å²) in [7, 11) is 0. The third-order valence-electron chi connectivity index (χ3n) is 3.43. The van der Waals surface area contributed by atoms with E-state index in [2.05, 4.69) is 0 Å². The monoisotopic (exact) mass is 249 g/mol. The molecule has 0 radical (unpaired) electrons. The number of hydrogen-bond donors (Lipinski definition) is 2. The minimum atomic E-state index is -1.05. The van der Waals surface area contributed by atoms with Gasteiger partial charge in [0.05, 0.1) is 5.92 Å². The average Bonchev–Trinajstić information content (AvgIpc) is 2.39. The number of hydrogen-bond acceptors (Lipinski definition) is 2. The maximum atomic E-state index is 11.3. The van der Waals surface area contributed by atoms with Crippen LogP contribution in [0.4, 0.5) is 4.79 Å². The van der Waals surface area contributed by atoms with Gasteiger partial charge < -0.3 is 15.1 Å². The Morgan fingerprint density at radius 1 is 1.17 bits per heavy atom. The van der Waals surface area contributed by atoms with Crippen molar-refractivity contribution in [3.05, 3.63) is 35.9 Å². The molecule has 0 aromatic heterocycles. The number of carboxylic acids is 1. The highest BCUT2D eigenvalue weighted by Gasteiger charge is 2.36. The van der Waals surface area contributed by atoms with Gasteiger partial charge in [0.1, 0.15) is 0 Å². The number of carboxylic acid groups (broad SMARTS) is 2. The van der Waals surface area contributed by atoms with Crippen molar-refractivity contribution in [2.24, 2.45) is 5.92 Å². The number of likely N-dealkylation sites (tertiary alicyclic amines) is 1. The minimum Gasteiger partial charge on any atom is -0.481 e. The zero-order valence-electron chi connectivity index (χ0n) is 9.82. The standard InChI is InChI=1S/C13H15NO4/c15-12(16)11-8-14(13(17)18)7-6-10(11)9-4-2-1-3-5-9/h1-5,10-11H,6-8H2,(H,15,16)(H,17,18)/t10-,11+/m1/s1. The molecule has 1 fully saturated rings. The molecule has 96 valence electrons. The van der Waals surface area contributed by atoms with Gasteiger partial charge in [0.2, 0.25) is 0 Å². The maximum absolute atomic E-state index is 11.3. The Morgan fingerprint density at radius 3 is 2.39 bits per heavy atom. The molecule has 0 bridgehead atoms. The van der Waals surface area contributed by atoms with Crippen molar-refractivity contribution in [1.29, 1.82) is 0 Å². The van der Waals surface area contributed by atoms with E-state index in [4.69, 9.17) is 5.11 Å². The summed E-state index contributed by atoms with van der Waals surface area (Å²) < 4.78 is 0. The molecule has 1 aromatic carbocycles. The highest BCUT2D eigenvalue weighted by atomic mass is 16.4. The molecule has 2 N–H and O–H groups in total. The first-order valence-corrected chi connectivity index (χ1v) is 5.85. The quantitative estimate of drug-likeness (QED) is 0.838. The molecule has 1 saturated heterocycles. The van der Waals surface area contributed by atoms with E-state index in [-0.39, 0.29) is 12.5 Å². The molecule has 2 rings (SSSR count). The zero-order valence-corrected chi connectivity index (χ0v) is 9.82. The van der Waals surface area contributed by atoms with Crippen LogP contribution in [0, 0.1) is 5.92 Å². The molecule has 5 heteroatoms. The SMILES string of the molecule is O=C(O)[C@H]1CN(C(=O)O)CC[C@@H]1c1ccccc1. The summed E-state index contributed by atoms with van der Waals surface area (Å²) in [5.41, 5.74) is 0.968. The van der Waals surface area contributed by atoms with Crippen LogP contribution >= 0.6 is 0 Å². The Labute approximate surface area is 105 Å². The van der Waals surface area contributed by atoms with Crippen LogP contribution in [0.2, 0.25) is 0 Å². The van der Waals surface area contributed by atoms with Gasteiger partial charge in [0, 0.05) is 19.0 Å². The lowest BCUT2D eigenvalue weighted by Crippen LogP contribution is -2.45. The van der Waals surface area contributed by atoms with Crippen molar-refractivity contribution in [2.45, 2.75) is 12.3 Å². The van der Waals surface area contributed by atoms with E-state index in [1.807, 2.05) is 30.3 Å². The lowest BCUT2D eigenvalue weighted by atomic mass is 9.80. The second kappa shape index (κ2) is 5.08. The van der Waals surface area contributed by atoms with Crippen LogP contribution in [0.3, 0.4) is 0 Å². The van der Waals surface area contributed by atoms with Gasteiger partial charge >= 0.3 is 12.1 Å². The zero-order chi connectivity index (χ0) is 13.1. The summed E-state index contributed by atoms with van der Waals surface area (Å²) >= 11 is 0. The van der Waals surface area contributed by atoms with Crippen molar-refractivity contribution in [1.82, 2.24) is 4.90 Å². The minimum absolute atomic E-state index is 0.0597. The van der Waals surface area contributed by atoms with Crippen LogP contribution in [-0.2, 0) is 4.79 Å². The summed E-state index contributed by atoms with van der Waals surface area (Å²) in [6.45, 7) is 0.447. The fourth-order valence-corrected chi connectivity index (χ4v) is 2.48. The summed E-state index contributed by atoms with van der Waals surface area (Å²) in [6, 6.07) is 9.43. The Balaban J connectivity index is 2.21. The topological polar surface area (TPSA) is 77.8 Å².